The fraction of sp³-hybridized carbons (Fsp3) is 0.481. The Bertz CT molecular complexity index is 1120. The van der Waals surface area contributed by atoms with Gasteiger partial charge < -0.3 is 15.0 Å². The van der Waals surface area contributed by atoms with E-state index in [1.807, 2.05) is 20.8 Å². The lowest BCUT2D eigenvalue weighted by atomic mass is 10.1. The van der Waals surface area contributed by atoms with Crippen LogP contribution < -0.4 is 14.4 Å². The molecule has 8 nitrogen and oxygen atoms in total. The molecule has 2 amide bonds. The quantitative estimate of drug-likeness (QED) is 0.393. The van der Waals surface area contributed by atoms with Gasteiger partial charge in [-0.25, -0.2) is 12.8 Å². The van der Waals surface area contributed by atoms with Crippen LogP contribution in [0.4, 0.5) is 10.1 Å². The monoisotopic (exact) mass is 535 g/mol. The minimum absolute atomic E-state index is 0.0329. The van der Waals surface area contributed by atoms with Crippen molar-refractivity contribution in [1.29, 1.82) is 0 Å². The number of hydrogen-bond donors (Lipinski definition) is 1. The van der Waals surface area contributed by atoms with Gasteiger partial charge in [0.25, 0.3) is 0 Å². The summed E-state index contributed by atoms with van der Waals surface area (Å²) in [5, 5.41) is 2.90. The van der Waals surface area contributed by atoms with Crippen molar-refractivity contribution in [2.75, 3.05) is 23.7 Å². The largest absolute Gasteiger partial charge is 0.494 e. The molecule has 0 bridgehead atoms. The van der Waals surface area contributed by atoms with Crippen molar-refractivity contribution in [1.82, 2.24) is 10.2 Å². The van der Waals surface area contributed by atoms with Crippen LogP contribution in [0.5, 0.6) is 5.75 Å². The van der Waals surface area contributed by atoms with Crippen LogP contribution in [0.2, 0.25) is 0 Å². The van der Waals surface area contributed by atoms with Crippen molar-refractivity contribution >= 4 is 27.5 Å². The molecule has 204 valence electrons. The van der Waals surface area contributed by atoms with Crippen LogP contribution in [-0.2, 0) is 26.2 Å². The average molecular weight is 536 g/mol. The number of ether oxygens (including phenoxy) is 1. The smallest absolute Gasteiger partial charge is 0.242 e. The molecule has 0 unspecified atom stereocenters. The van der Waals surface area contributed by atoms with Crippen LogP contribution in [0.1, 0.15) is 52.5 Å². The van der Waals surface area contributed by atoms with Crippen molar-refractivity contribution < 1.29 is 27.1 Å². The number of amides is 2. The summed E-state index contributed by atoms with van der Waals surface area (Å²) in [5.74, 6) is -0.330. The molecule has 0 saturated heterocycles. The van der Waals surface area contributed by atoms with Gasteiger partial charge in [-0.15, -0.1) is 0 Å². The average Bonchev–Trinajstić information content (AvgIpc) is 2.85. The summed E-state index contributed by atoms with van der Waals surface area (Å²) in [6.07, 6.45) is 2.15. The summed E-state index contributed by atoms with van der Waals surface area (Å²) in [5.41, 5.74) is 1.16. The molecule has 0 heterocycles. The number of carbonyl (C=O) groups is 2. The molecule has 0 spiro atoms. The molecule has 0 aliphatic heterocycles. The SMILES string of the molecule is CCOc1ccc(N(CCCC(=O)N(Cc2ccc(F)cc2)[C@H](C)C(=O)N[C@@H](C)CC)S(C)(=O)=O)cc1. The highest BCUT2D eigenvalue weighted by molar-refractivity contribution is 7.92. The van der Waals surface area contributed by atoms with Gasteiger partial charge in [0, 0.05) is 25.6 Å². The van der Waals surface area contributed by atoms with Crippen molar-refractivity contribution in [2.24, 2.45) is 0 Å². The van der Waals surface area contributed by atoms with Gasteiger partial charge in [0.2, 0.25) is 21.8 Å². The summed E-state index contributed by atoms with van der Waals surface area (Å²) < 4.78 is 45.0. The minimum atomic E-state index is -3.59. The van der Waals surface area contributed by atoms with Gasteiger partial charge in [-0.2, -0.15) is 0 Å². The van der Waals surface area contributed by atoms with Crippen LogP contribution in [0.3, 0.4) is 0 Å². The third-order valence-corrected chi connectivity index (χ3v) is 7.22. The summed E-state index contributed by atoms with van der Waals surface area (Å²) in [4.78, 5) is 27.6. The second-order valence-corrected chi connectivity index (χ2v) is 10.9. The molecule has 37 heavy (non-hydrogen) atoms. The first kappa shape index (κ1) is 30.1. The molecule has 0 aliphatic rings. The molecular formula is C27H38FN3O5S. The molecule has 0 fully saturated rings. The number of anilines is 1. The van der Waals surface area contributed by atoms with Crippen molar-refractivity contribution in [2.45, 2.75) is 65.6 Å². The van der Waals surface area contributed by atoms with Gasteiger partial charge in [-0.3, -0.25) is 13.9 Å². The second-order valence-electron chi connectivity index (χ2n) is 9.01. The standard InChI is InChI=1S/C27H38FN3O5S/c1-6-20(3)29-27(33)21(4)30(19-22-10-12-23(28)13-11-22)26(32)9-8-18-31(37(5,34)35)24-14-16-25(17-15-24)36-7-2/h10-17,20-21H,6-9,18-19H2,1-5H3,(H,29,33)/t20-,21+/m0/s1. The van der Waals surface area contributed by atoms with E-state index in [-0.39, 0.29) is 49.6 Å². The number of benzene rings is 2. The first-order valence-electron chi connectivity index (χ1n) is 12.5. The maximum atomic E-state index is 13.4. The van der Waals surface area contributed by atoms with Crippen LogP contribution in [0.25, 0.3) is 0 Å². The van der Waals surface area contributed by atoms with E-state index >= 15 is 0 Å². The molecular weight excluding hydrogens is 497 g/mol. The molecule has 10 heteroatoms. The molecule has 0 saturated carbocycles. The van der Waals surface area contributed by atoms with Crippen molar-refractivity contribution in [3.63, 3.8) is 0 Å². The van der Waals surface area contributed by atoms with Gasteiger partial charge in [-0.1, -0.05) is 19.1 Å². The summed E-state index contributed by atoms with van der Waals surface area (Å²) in [6, 6.07) is 11.7. The number of nitrogens with zero attached hydrogens (tertiary/aromatic N) is 2. The van der Waals surface area contributed by atoms with E-state index in [2.05, 4.69) is 5.32 Å². The molecule has 2 atom stereocenters. The van der Waals surface area contributed by atoms with Crippen molar-refractivity contribution in [3.05, 3.63) is 59.9 Å². The summed E-state index contributed by atoms with van der Waals surface area (Å²) in [6.45, 7) is 8.08. The number of nitrogens with one attached hydrogen (secondary N) is 1. The fourth-order valence-corrected chi connectivity index (χ4v) is 4.68. The Kier molecular flexibility index (Phi) is 11.4. The van der Waals surface area contributed by atoms with Crippen molar-refractivity contribution in [3.8, 4) is 5.75 Å². The lowest BCUT2D eigenvalue weighted by Crippen LogP contribution is -2.49. The van der Waals surface area contributed by atoms with E-state index in [9.17, 15) is 22.4 Å². The number of sulfonamides is 1. The van der Waals surface area contributed by atoms with Crippen LogP contribution in [-0.4, -0.2) is 56.6 Å². The Morgan fingerprint density at radius 2 is 1.65 bits per heavy atom. The predicted molar refractivity (Wildman–Crippen MR) is 143 cm³/mol. The molecule has 2 aromatic rings. The summed E-state index contributed by atoms with van der Waals surface area (Å²) in [7, 11) is -3.59. The van der Waals surface area contributed by atoms with E-state index in [4.69, 9.17) is 4.74 Å². The Balaban J connectivity index is 2.15. The Morgan fingerprint density at radius 1 is 1.03 bits per heavy atom. The van der Waals surface area contributed by atoms with Crippen LogP contribution in [0, 0.1) is 5.82 Å². The first-order chi connectivity index (χ1) is 17.5. The Morgan fingerprint density at radius 3 is 2.19 bits per heavy atom. The molecule has 2 aromatic carbocycles. The number of halogens is 1. The van der Waals surface area contributed by atoms with Gasteiger partial charge in [-0.05, 0) is 75.6 Å². The first-order valence-corrected chi connectivity index (χ1v) is 14.4. The molecule has 1 N–H and O–H groups in total. The minimum Gasteiger partial charge on any atom is -0.494 e. The van der Waals surface area contributed by atoms with E-state index < -0.39 is 16.1 Å². The van der Waals surface area contributed by atoms with Gasteiger partial charge >= 0.3 is 0 Å². The topological polar surface area (TPSA) is 96.0 Å². The maximum absolute atomic E-state index is 13.4. The van der Waals surface area contributed by atoms with Crippen LogP contribution >= 0.6 is 0 Å². The third-order valence-electron chi connectivity index (χ3n) is 6.02. The molecule has 2 rings (SSSR count). The van der Waals surface area contributed by atoms with E-state index in [1.54, 1.807) is 43.3 Å². The molecule has 0 radical (unpaired) electrons. The lowest BCUT2D eigenvalue weighted by molar-refractivity contribution is -0.140. The molecule has 0 aromatic heterocycles. The van der Waals surface area contributed by atoms with Gasteiger partial charge in [0.1, 0.15) is 17.6 Å². The number of carbonyl (C=O) groups excluding carboxylic acids is 2. The second kappa shape index (κ2) is 14.0. The molecule has 0 aliphatic carbocycles. The fourth-order valence-electron chi connectivity index (χ4n) is 3.71. The highest BCUT2D eigenvalue weighted by Gasteiger charge is 2.27. The Labute approximate surface area is 219 Å². The highest BCUT2D eigenvalue weighted by atomic mass is 32.2. The zero-order valence-electron chi connectivity index (χ0n) is 22.2. The zero-order chi connectivity index (χ0) is 27.6. The summed E-state index contributed by atoms with van der Waals surface area (Å²) >= 11 is 0. The highest BCUT2D eigenvalue weighted by Crippen LogP contribution is 2.22. The lowest BCUT2D eigenvalue weighted by Gasteiger charge is -2.30. The van der Waals surface area contributed by atoms with Crippen LogP contribution in [0.15, 0.2) is 48.5 Å². The number of hydrogen-bond acceptors (Lipinski definition) is 5. The van der Waals surface area contributed by atoms with E-state index in [1.165, 1.54) is 21.3 Å². The van der Waals surface area contributed by atoms with E-state index in [0.29, 0.717) is 23.6 Å². The van der Waals surface area contributed by atoms with E-state index in [0.717, 1.165) is 12.7 Å². The third kappa shape index (κ3) is 9.35. The number of rotatable bonds is 14. The Hall–Kier alpha value is -3.14. The van der Waals surface area contributed by atoms with Gasteiger partial charge in [0.15, 0.2) is 0 Å². The zero-order valence-corrected chi connectivity index (χ0v) is 23.1. The normalized spacial score (nSPS) is 12.9. The predicted octanol–water partition coefficient (Wildman–Crippen LogP) is 4.10. The van der Waals surface area contributed by atoms with Gasteiger partial charge in [0.05, 0.1) is 18.6 Å². The maximum Gasteiger partial charge on any atom is 0.242 e.